The van der Waals surface area contributed by atoms with Gasteiger partial charge in [0, 0.05) is 22.3 Å². The molecule has 0 unspecified atom stereocenters. The van der Waals surface area contributed by atoms with Crippen molar-refractivity contribution in [1.82, 2.24) is 9.55 Å². The molecule has 11 heteroatoms. The number of thioether (sulfide) groups is 1. The summed E-state index contributed by atoms with van der Waals surface area (Å²) >= 11 is 3.42. The number of aliphatic carboxylic acids is 1. The minimum Gasteiger partial charge on any atom is -0.481 e. The topological polar surface area (TPSA) is 130 Å². The van der Waals surface area contributed by atoms with E-state index in [0.717, 1.165) is 28.5 Å². The second-order valence-electron chi connectivity index (χ2n) is 6.97. The number of hydrogen-bond acceptors (Lipinski definition) is 6. The number of thiophene rings is 1. The molecule has 170 valence electrons. The quantitative estimate of drug-likeness (QED) is 0.188. The molecule has 0 saturated heterocycles. The number of imidazole rings is 1. The molecule has 0 spiro atoms. The largest absolute Gasteiger partial charge is 0.481 e. The Balaban J connectivity index is 0.000000523. The number of carbonyl (C=O) groups is 1. The van der Waals surface area contributed by atoms with Gasteiger partial charge in [-0.25, -0.2) is 4.98 Å². The summed E-state index contributed by atoms with van der Waals surface area (Å²) in [6.45, 7) is 2.93. The van der Waals surface area contributed by atoms with Crippen LogP contribution in [0.25, 0.3) is 21.1 Å². The van der Waals surface area contributed by atoms with Crippen molar-refractivity contribution in [2.75, 3.05) is 5.75 Å². The number of aromatic nitrogens is 2. The minimum atomic E-state index is -4.67. The first kappa shape index (κ1) is 24.2. The van der Waals surface area contributed by atoms with Crippen molar-refractivity contribution < 1.29 is 27.4 Å². The van der Waals surface area contributed by atoms with Crippen LogP contribution in [0.1, 0.15) is 24.0 Å². The lowest BCUT2D eigenvalue weighted by molar-refractivity contribution is -0.137. The van der Waals surface area contributed by atoms with Crippen LogP contribution in [0.15, 0.2) is 53.0 Å². The van der Waals surface area contributed by atoms with E-state index in [0.29, 0.717) is 6.42 Å². The van der Waals surface area contributed by atoms with Crippen molar-refractivity contribution >= 4 is 60.6 Å². The lowest BCUT2D eigenvalue weighted by atomic mass is 10.1. The zero-order chi connectivity index (χ0) is 23.3. The van der Waals surface area contributed by atoms with Crippen LogP contribution >= 0.6 is 23.1 Å². The van der Waals surface area contributed by atoms with Gasteiger partial charge in [0.25, 0.3) is 0 Å². The first-order valence-electron chi connectivity index (χ1n) is 9.59. The summed E-state index contributed by atoms with van der Waals surface area (Å²) in [5, 5.41) is 13.4. The van der Waals surface area contributed by atoms with Crippen molar-refractivity contribution in [1.29, 1.82) is 0 Å². The van der Waals surface area contributed by atoms with E-state index in [1.165, 1.54) is 21.2 Å². The third-order valence-corrected chi connectivity index (χ3v) is 6.66. The number of hydrogen-bond donors (Lipinski definition) is 3. The Morgan fingerprint density at radius 3 is 2.59 bits per heavy atom. The monoisotopic (exact) mass is 494 g/mol. The number of aryl methyl sites for hydroxylation is 1. The molecule has 0 atom stereocenters. The summed E-state index contributed by atoms with van der Waals surface area (Å²) in [5.74, 6) is 0.00304. The van der Waals surface area contributed by atoms with Crippen molar-refractivity contribution in [3.63, 3.8) is 0 Å². The van der Waals surface area contributed by atoms with Crippen LogP contribution in [-0.4, -0.2) is 43.9 Å². The van der Waals surface area contributed by atoms with E-state index < -0.39 is 16.4 Å². The molecule has 2 aromatic carbocycles. The third-order valence-electron chi connectivity index (χ3n) is 4.60. The van der Waals surface area contributed by atoms with Gasteiger partial charge in [-0.2, -0.15) is 8.42 Å². The Morgan fingerprint density at radius 2 is 1.88 bits per heavy atom. The van der Waals surface area contributed by atoms with Crippen LogP contribution in [0.3, 0.4) is 0 Å². The van der Waals surface area contributed by atoms with Gasteiger partial charge in [-0.1, -0.05) is 36.0 Å². The Bertz CT molecular complexity index is 1340. The smallest absolute Gasteiger partial charge is 0.394 e. The average molecular weight is 495 g/mol. The Labute approximate surface area is 193 Å². The molecule has 2 aromatic heterocycles. The fourth-order valence-electron chi connectivity index (χ4n) is 3.33. The number of fused-ring (bicyclic) bond motifs is 2. The molecule has 3 N–H and O–H groups in total. The van der Waals surface area contributed by atoms with Crippen LogP contribution in [0.4, 0.5) is 0 Å². The van der Waals surface area contributed by atoms with E-state index >= 15 is 0 Å². The Kier molecular flexibility index (Phi) is 7.91. The highest BCUT2D eigenvalue weighted by molar-refractivity contribution is 7.99. The molecular formula is C21H22N2O6S3. The van der Waals surface area contributed by atoms with Gasteiger partial charge >= 0.3 is 16.4 Å². The first-order chi connectivity index (χ1) is 15.1. The van der Waals surface area contributed by atoms with Gasteiger partial charge in [0.05, 0.1) is 17.6 Å². The molecular weight excluding hydrogens is 472 g/mol. The Morgan fingerprint density at radius 1 is 1.16 bits per heavy atom. The van der Waals surface area contributed by atoms with Crippen LogP contribution in [0, 0.1) is 6.92 Å². The zero-order valence-electron chi connectivity index (χ0n) is 17.1. The number of rotatable bonds is 7. The van der Waals surface area contributed by atoms with Gasteiger partial charge in [-0.3, -0.25) is 13.9 Å². The lowest BCUT2D eigenvalue weighted by Crippen LogP contribution is -2.02. The number of carboxylic acids is 1. The fourth-order valence-corrected chi connectivity index (χ4v) is 5.32. The lowest BCUT2D eigenvalue weighted by Gasteiger charge is -2.09. The van der Waals surface area contributed by atoms with E-state index in [4.69, 9.17) is 27.6 Å². The average Bonchev–Trinajstić information content (AvgIpc) is 3.27. The van der Waals surface area contributed by atoms with Crippen LogP contribution in [0.2, 0.25) is 0 Å². The van der Waals surface area contributed by atoms with Gasteiger partial charge in [0.15, 0.2) is 5.16 Å². The van der Waals surface area contributed by atoms with E-state index in [1.54, 1.807) is 23.1 Å². The normalized spacial score (nSPS) is 11.5. The molecule has 32 heavy (non-hydrogen) atoms. The second-order valence-corrected chi connectivity index (χ2v) is 9.84. The van der Waals surface area contributed by atoms with Gasteiger partial charge in [-0.05, 0) is 48.1 Å². The van der Waals surface area contributed by atoms with E-state index in [-0.39, 0.29) is 6.42 Å². The second kappa shape index (κ2) is 10.5. The van der Waals surface area contributed by atoms with Gasteiger partial charge in [0.1, 0.15) is 0 Å². The summed E-state index contributed by atoms with van der Waals surface area (Å²) in [7, 11) is -4.67. The van der Waals surface area contributed by atoms with Crippen LogP contribution in [-0.2, 0) is 21.7 Å². The minimum absolute atomic E-state index is 0.196. The van der Waals surface area contributed by atoms with Gasteiger partial charge in [0.2, 0.25) is 0 Å². The van der Waals surface area contributed by atoms with E-state index in [9.17, 15) is 4.79 Å². The number of benzene rings is 2. The molecule has 0 bridgehead atoms. The molecule has 0 aliphatic carbocycles. The molecule has 0 amide bonds. The van der Waals surface area contributed by atoms with Crippen molar-refractivity contribution in [2.24, 2.45) is 0 Å². The highest BCUT2D eigenvalue weighted by atomic mass is 32.3. The summed E-state index contributed by atoms with van der Waals surface area (Å²) in [4.78, 5) is 15.6. The molecule has 2 heterocycles. The highest BCUT2D eigenvalue weighted by Gasteiger charge is 2.14. The number of para-hydroxylation sites is 2. The van der Waals surface area contributed by atoms with Crippen molar-refractivity contribution in [3.8, 4) is 0 Å². The first-order valence-corrected chi connectivity index (χ1v) is 12.8. The van der Waals surface area contributed by atoms with Crippen LogP contribution in [0.5, 0.6) is 0 Å². The van der Waals surface area contributed by atoms with Crippen LogP contribution < -0.4 is 0 Å². The molecule has 0 radical (unpaired) electrons. The molecule has 0 aliphatic heterocycles. The van der Waals surface area contributed by atoms with E-state index in [1.807, 2.05) is 18.2 Å². The highest BCUT2D eigenvalue weighted by Crippen LogP contribution is 2.32. The maximum atomic E-state index is 10.8. The van der Waals surface area contributed by atoms with E-state index in [2.05, 4.69) is 41.1 Å². The molecule has 0 fully saturated rings. The summed E-state index contributed by atoms with van der Waals surface area (Å²) < 4.78 is 35.2. The third kappa shape index (κ3) is 6.53. The molecule has 0 aliphatic rings. The van der Waals surface area contributed by atoms with Crippen molar-refractivity contribution in [3.05, 3.63) is 59.0 Å². The predicted octanol–water partition coefficient (Wildman–Crippen LogP) is 4.91. The molecule has 4 rings (SSSR count). The predicted molar refractivity (Wildman–Crippen MR) is 127 cm³/mol. The molecule has 0 saturated carbocycles. The molecule has 4 aromatic rings. The maximum Gasteiger partial charge on any atom is 0.394 e. The standard InChI is InChI=1S/C21H20N2O2S2.H2O4S/c1-14-6-4-9-18-20(14)15(13-27-18)12-23-17-8-3-2-7-16(17)22-21(23)26-11-5-10-19(24)25;1-5(2,3)4/h2-4,6-9,13H,5,10-12H2,1H3,(H,24,25);(H2,1,2,3,4). The number of nitrogens with zero attached hydrogens (tertiary/aromatic N) is 2. The van der Waals surface area contributed by atoms with Gasteiger partial charge in [-0.15, -0.1) is 11.3 Å². The summed E-state index contributed by atoms with van der Waals surface area (Å²) in [6.07, 6.45) is 0.839. The maximum absolute atomic E-state index is 10.8. The van der Waals surface area contributed by atoms with Gasteiger partial charge < -0.3 is 9.67 Å². The zero-order valence-corrected chi connectivity index (χ0v) is 19.6. The number of carboxylic acid groups (broad SMARTS) is 1. The SMILES string of the molecule is Cc1cccc2scc(Cn3c(SCCCC(=O)O)nc4ccccc43)c12.O=S(=O)(O)O. The summed E-state index contributed by atoms with van der Waals surface area (Å²) in [5.41, 5.74) is 4.70. The molecule has 8 nitrogen and oxygen atoms in total. The Hall–Kier alpha value is -2.44. The fraction of sp³-hybridized carbons (Fsp3) is 0.238. The van der Waals surface area contributed by atoms with Crippen molar-refractivity contribution in [2.45, 2.75) is 31.5 Å². The summed E-state index contributed by atoms with van der Waals surface area (Å²) in [6, 6.07) is 14.6.